The summed E-state index contributed by atoms with van der Waals surface area (Å²) in [5.74, 6) is 0.459. The van der Waals surface area contributed by atoms with E-state index in [0.29, 0.717) is 23.0 Å². The number of carbonyl (C=O) groups excluding carboxylic acids is 1. The molecule has 0 radical (unpaired) electrons. The first kappa shape index (κ1) is 17.6. The first-order valence-electron chi connectivity index (χ1n) is 8.91. The summed E-state index contributed by atoms with van der Waals surface area (Å²) in [4.78, 5) is 18.1. The molecule has 0 aliphatic carbocycles. The number of pyridine rings is 1. The van der Waals surface area contributed by atoms with Gasteiger partial charge in [0.05, 0.1) is 6.54 Å². The van der Waals surface area contributed by atoms with Crippen LogP contribution >= 0.6 is 11.6 Å². The van der Waals surface area contributed by atoms with E-state index in [-0.39, 0.29) is 6.10 Å². The monoisotopic (exact) mass is 378 g/mol. The minimum Gasteiger partial charge on any atom is -0.471 e. The van der Waals surface area contributed by atoms with Gasteiger partial charge in [-0.25, -0.2) is 4.98 Å². The van der Waals surface area contributed by atoms with Crippen molar-refractivity contribution in [1.29, 1.82) is 0 Å². The van der Waals surface area contributed by atoms with Gasteiger partial charge in [0.25, 0.3) is 0 Å². The van der Waals surface area contributed by atoms with Crippen LogP contribution < -0.4 is 9.64 Å². The molecule has 4 rings (SSSR count). The lowest BCUT2D eigenvalue weighted by Gasteiger charge is -2.21. The Labute approximate surface area is 163 Å². The van der Waals surface area contributed by atoms with Gasteiger partial charge in [0.15, 0.2) is 6.29 Å². The first-order chi connectivity index (χ1) is 13.2. The maximum absolute atomic E-state index is 11.7. The van der Waals surface area contributed by atoms with Gasteiger partial charge in [-0.3, -0.25) is 4.79 Å². The Bertz CT molecular complexity index is 946. The average molecular weight is 379 g/mol. The van der Waals surface area contributed by atoms with Crippen molar-refractivity contribution >= 4 is 23.6 Å². The lowest BCUT2D eigenvalue weighted by Crippen LogP contribution is -2.25. The Morgan fingerprint density at radius 2 is 1.93 bits per heavy atom. The number of benzene rings is 2. The second-order valence-corrected chi connectivity index (χ2v) is 6.93. The smallest absolute Gasteiger partial charge is 0.232 e. The summed E-state index contributed by atoms with van der Waals surface area (Å²) in [6.07, 6.45) is 3.43. The fraction of sp³-hybridized carbons (Fsp3) is 0.182. The molecule has 136 valence electrons. The van der Waals surface area contributed by atoms with Crippen LogP contribution in [0.4, 0.5) is 5.69 Å². The zero-order valence-electron chi connectivity index (χ0n) is 14.7. The van der Waals surface area contributed by atoms with Gasteiger partial charge < -0.3 is 9.64 Å². The number of aldehydes is 1. The van der Waals surface area contributed by atoms with Gasteiger partial charge in [-0.05, 0) is 35.4 Å². The van der Waals surface area contributed by atoms with Crippen LogP contribution in [0.25, 0.3) is 11.1 Å². The third-order valence-corrected chi connectivity index (χ3v) is 5.04. The number of ether oxygens (including phenoxy) is 1. The SMILES string of the molecule is O=Cc1cc(-c2ccccc2)ccc1N1CC[C@H](Oc2ncccc2Cl)C1. The summed E-state index contributed by atoms with van der Waals surface area (Å²) in [6, 6.07) is 19.6. The van der Waals surface area contributed by atoms with Crippen molar-refractivity contribution in [3.8, 4) is 17.0 Å². The van der Waals surface area contributed by atoms with Crippen LogP contribution in [0.3, 0.4) is 0 Å². The molecule has 0 spiro atoms. The van der Waals surface area contributed by atoms with Gasteiger partial charge in [0, 0.05) is 30.4 Å². The summed E-state index contributed by atoms with van der Waals surface area (Å²) in [5.41, 5.74) is 3.75. The van der Waals surface area contributed by atoms with E-state index in [4.69, 9.17) is 16.3 Å². The zero-order chi connectivity index (χ0) is 18.6. The molecule has 1 aliphatic rings. The molecule has 1 fully saturated rings. The molecule has 27 heavy (non-hydrogen) atoms. The number of hydrogen-bond donors (Lipinski definition) is 0. The third kappa shape index (κ3) is 3.81. The quantitative estimate of drug-likeness (QED) is 0.594. The van der Waals surface area contributed by atoms with Crippen LogP contribution in [-0.4, -0.2) is 30.5 Å². The molecule has 3 aromatic rings. The van der Waals surface area contributed by atoms with Gasteiger partial charge in [0.1, 0.15) is 11.1 Å². The standard InChI is InChI=1S/C22H19ClN2O2/c23-20-7-4-11-24-22(20)27-19-10-12-25(14-19)21-9-8-17(13-18(21)15-26)16-5-2-1-3-6-16/h1-9,11,13,15,19H,10,12,14H2/t19-/m0/s1. The van der Waals surface area contributed by atoms with Gasteiger partial charge in [0.2, 0.25) is 5.88 Å². The van der Waals surface area contributed by atoms with E-state index in [1.807, 2.05) is 42.5 Å². The Kier molecular flexibility index (Phi) is 5.07. The molecule has 4 nitrogen and oxygen atoms in total. The maximum Gasteiger partial charge on any atom is 0.232 e. The minimum atomic E-state index is -0.00861. The summed E-state index contributed by atoms with van der Waals surface area (Å²) in [5, 5.41) is 0.511. The van der Waals surface area contributed by atoms with E-state index in [1.54, 1.807) is 18.3 Å². The van der Waals surface area contributed by atoms with Crippen molar-refractivity contribution in [1.82, 2.24) is 4.98 Å². The number of nitrogens with zero attached hydrogens (tertiary/aromatic N) is 2. The molecule has 2 aromatic carbocycles. The van der Waals surface area contributed by atoms with E-state index in [9.17, 15) is 4.79 Å². The van der Waals surface area contributed by atoms with Crippen LogP contribution in [0.5, 0.6) is 5.88 Å². The van der Waals surface area contributed by atoms with E-state index in [2.05, 4.69) is 16.0 Å². The van der Waals surface area contributed by atoms with E-state index >= 15 is 0 Å². The Morgan fingerprint density at radius 1 is 1.07 bits per heavy atom. The number of carbonyl (C=O) groups is 1. The fourth-order valence-corrected chi connectivity index (χ4v) is 3.57. The van der Waals surface area contributed by atoms with Crippen LogP contribution in [0.2, 0.25) is 5.02 Å². The molecular formula is C22H19ClN2O2. The van der Waals surface area contributed by atoms with Gasteiger partial charge in [-0.1, -0.05) is 48.0 Å². The highest BCUT2D eigenvalue weighted by atomic mass is 35.5. The van der Waals surface area contributed by atoms with Crippen molar-refractivity contribution in [3.63, 3.8) is 0 Å². The topological polar surface area (TPSA) is 42.4 Å². The van der Waals surface area contributed by atoms with Gasteiger partial charge in [-0.2, -0.15) is 0 Å². The van der Waals surface area contributed by atoms with Crippen molar-refractivity contribution in [2.45, 2.75) is 12.5 Å². The molecule has 1 aromatic heterocycles. The highest BCUT2D eigenvalue weighted by molar-refractivity contribution is 6.31. The highest BCUT2D eigenvalue weighted by Gasteiger charge is 2.26. The van der Waals surface area contributed by atoms with Gasteiger partial charge >= 0.3 is 0 Å². The normalized spacial score (nSPS) is 16.3. The van der Waals surface area contributed by atoms with E-state index < -0.39 is 0 Å². The summed E-state index contributed by atoms with van der Waals surface area (Å²) in [7, 11) is 0. The molecule has 0 saturated carbocycles. The second kappa shape index (κ2) is 7.80. The molecule has 2 heterocycles. The first-order valence-corrected chi connectivity index (χ1v) is 9.29. The third-order valence-electron chi connectivity index (χ3n) is 4.75. The minimum absolute atomic E-state index is 0.00861. The Balaban J connectivity index is 1.52. The summed E-state index contributed by atoms with van der Waals surface area (Å²) >= 11 is 6.13. The zero-order valence-corrected chi connectivity index (χ0v) is 15.5. The lowest BCUT2D eigenvalue weighted by molar-refractivity contribution is 0.112. The van der Waals surface area contributed by atoms with Crippen LogP contribution in [0.15, 0.2) is 66.9 Å². The molecule has 1 aliphatic heterocycles. The van der Waals surface area contributed by atoms with Crippen LogP contribution in [0.1, 0.15) is 16.8 Å². The molecular weight excluding hydrogens is 360 g/mol. The highest BCUT2D eigenvalue weighted by Crippen LogP contribution is 2.30. The second-order valence-electron chi connectivity index (χ2n) is 6.52. The molecule has 1 atom stereocenters. The molecule has 1 saturated heterocycles. The van der Waals surface area contributed by atoms with E-state index in [1.165, 1.54) is 0 Å². The predicted octanol–water partition coefficient (Wildman–Crippen LogP) is 4.87. The van der Waals surface area contributed by atoms with Crippen LogP contribution in [0, 0.1) is 0 Å². The molecule has 5 heteroatoms. The van der Waals surface area contributed by atoms with E-state index in [0.717, 1.165) is 36.1 Å². The average Bonchev–Trinajstić information content (AvgIpc) is 3.18. The summed E-state index contributed by atoms with van der Waals surface area (Å²) in [6.45, 7) is 1.51. The Hall–Kier alpha value is -2.85. The van der Waals surface area contributed by atoms with Crippen molar-refractivity contribution in [2.75, 3.05) is 18.0 Å². The number of anilines is 1. The molecule has 0 bridgehead atoms. The number of hydrogen-bond acceptors (Lipinski definition) is 4. The lowest BCUT2D eigenvalue weighted by atomic mass is 10.0. The van der Waals surface area contributed by atoms with Crippen molar-refractivity contribution in [3.05, 3.63) is 77.4 Å². The molecule has 0 unspecified atom stereocenters. The molecule has 0 amide bonds. The maximum atomic E-state index is 11.7. The summed E-state index contributed by atoms with van der Waals surface area (Å²) < 4.78 is 5.95. The number of rotatable bonds is 5. The van der Waals surface area contributed by atoms with Crippen LogP contribution in [-0.2, 0) is 0 Å². The van der Waals surface area contributed by atoms with Crippen molar-refractivity contribution < 1.29 is 9.53 Å². The Morgan fingerprint density at radius 3 is 2.70 bits per heavy atom. The molecule has 0 N–H and O–H groups in total. The van der Waals surface area contributed by atoms with Crippen molar-refractivity contribution in [2.24, 2.45) is 0 Å². The number of halogens is 1. The number of aromatic nitrogens is 1. The fourth-order valence-electron chi connectivity index (χ4n) is 3.41. The van der Waals surface area contributed by atoms with Gasteiger partial charge in [-0.15, -0.1) is 0 Å². The largest absolute Gasteiger partial charge is 0.471 e. The predicted molar refractivity (Wildman–Crippen MR) is 108 cm³/mol.